The van der Waals surface area contributed by atoms with E-state index in [2.05, 4.69) is 32.9 Å². The Kier molecular flexibility index (Phi) is 21.3. The van der Waals surface area contributed by atoms with Crippen LogP contribution in [0.5, 0.6) is 0 Å². The molecule has 168 valence electrons. The number of unbranched alkanes of at least 4 members (excludes halogenated alkanes) is 13. The molecule has 0 aliphatic heterocycles. The number of likely N-dealkylation sites (N-methyl/N-ethyl adjacent to an activating group) is 1. The molecule has 0 aromatic carbocycles. The van der Waals surface area contributed by atoms with Crippen LogP contribution < -0.4 is 22.3 Å². The monoisotopic (exact) mass is 460 g/mol. The van der Waals surface area contributed by atoms with Crippen LogP contribution in [0.4, 0.5) is 0 Å². The lowest BCUT2D eigenvalue weighted by molar-refractivity contribution is -0.889. The van der Waals surface area contributed by atoms with Crippen molar-refractivity contribution in [1.82, 2.24) is 5.32 Å². The first-order chi connectivity index (χ1) is 12.9. The third-order valence-corrected chi connectivity index (χ3v) is 5.51. The topological polar surface area (TPSA) is 29.1 Å². The number of quaternary nitrogens is 1. The fraction of sp³-hybridized carbons (Fsp3) is 0.875. The predicted molar refractivity (Wildman–Crippen MR) is 120 cm³/mol. The van der Waals surface area contributed by atoms with Crippen molar-refractivity contribution in [3.63, 3.8) is 0 Å². The van der Waals surface area contributed by atoms with Crippen molar-refractivity contribution in [3.05, 3.63) is 12.2 Å². The van der Waals surface area contributed by atoms with E-state index in [4.69, 9.17) is 0 Å². The second-order valence-corrected chi connectivity index (χ2v) is 9.02. The summed E-state index contributed by atoms with van der Waals surface area (Å²) in [5.41, 5.74) is 0.590. The molecule has 0 aliphatic rings. The molecule has 3 nitrogen and oxygen atoms in total. The largest absolute Gasteiger partial charge is 1.00 e. The summed E-state index contributed by atoms with van der Waals surface area (Å²) in [5, 5.41) is 2.94. The molecule has 4 heteroatoms. The third kappa shape index (κ3) is 20.4. The highest BCUT2D eigenvalue weighted by atomic mass is 79.9. The summed E-state index contributed by atoms with van der Waals surface area (Å²) in [7, 11) is 4.52. The Morgan fingerprint density at radius 1 is 0.750 bits per heavy atom. The van der Waals surface area contributed by atoms with Crippen LogP contribution in [-0.4, -0.2) is 44.1 Å². The fourth-order valence-corrected chi connectivity index (χ4v) is 3.47. The predicted octanol–water partition coefficient (Wildman–Crippen LogP) is 3.24. The highest BCUT2D eigenvalue weighted by Gasteiger charge is 2.14. The first kappa shape index (κ1) is 29.8. The molecule has 0 aromatic heterocycles. The lowest BCUT2D eigenvalue weighted by Gasteiger charge is -2.30. The third-order valence-electron chi connectivity index (χ3n) is 5.51. The van der Waals surface area contributed by atoms with Crippen molar-refractivity contribution in [2.45, 2.75) is 104 Å². The van der Waals surface area contributed by atoms with Crippen LogP contribution in [-0.2, 0) is 4.79 Å². The summed E-state index contributed by atoms with van der Waals surface area (Å²) in [5.74, 6) is -0.0218. The molecule has 1 amide bonds. The van der Waals surface area contributed by atoms with Gasteiger partial charge in [0.1, 0.15) is 0 Å². The normalized spacial score (nSPS) is 11.1. The fourth-order valence-electron chi connectivity index (χ4n) is 3.47. The second kappa shape index (κ2) is 19.9. The van der Waals surface area contributed by atoms with E-state index in [1.807, 2.05) is 0 Å². The van der Waals surface area contributed by atoms with Crippen LogP contribution in [0.25, 0.3) is 0 Å². The summed E-state index contributed by atoms with van der Waals surface area (Å²) < 4.78 is 0.981. The summed E-state index contributed by atoms with van der Waals surface area (Å²) in [6, 6.07) is 0. The molecule has 0 fully saturated rings. The number of halogens is 1. The van der Waals surface area contributed by atoms with E-state index < -0.39 is 0 Å². The summed E-state index contributed by atoms with van der Waals surface area (Å²) in [4.78, 5) is 11.5. The molecule has 0 radical (unpaired) electrons. The van der Waals surface area contributed by atoms with E-state index in [0.29, 0.717) is 5.57 Å². The molecule has 0 bridgehead atoms. The van der Waals surface area contributed by atoms with Crippen molar-refractivity contribution in [3.8, 4) is 0 Å². The molecule has 0 aliphatic carbocycles. The molecule has 0 aromatic rings. The minimum atomic E-state index is -0.0218. The zero-order valence-electron chi connectivity index (χ0n) is 19.5. The maximum Gasteiger partial charge on any atom is 0.246 e. The Balaban J connectivity index is 0. The number of hydrogen-bond donors (Lipinski definition) is 1. The van der Waals surface area contributed by atoms with E-state index >= 15 is 0 Å². The van der Waals surface area contributed by atoms with Crippen LogP contribution in [0.2, 0.25) is 0 Å². The van der Waals surface area contributed by atoms with E-state index in [1.165, 1.54) is 96.4 Å². The van der Waals surface area contributed by atoms with Gasteiger partial charge in [0, 0.05) is 5.57 Å². The van der Waals surface area contributed by atoms with Gasteiger partial charge in [-0.1, -0.05) is 90.6 Å². The number of amides is 1. The summed E-state index contributed by atoms with van der Waals surface area (Å²) in [6.45, 7) is 10.6. The van der Waals surface area contributed by atoms with E-state index in [-0.39, 0.29) is 22.9 Å². The lowest BCUT2D eigenvalue weighted by atomic mass is 10.0. The smallest absolute Gasteiger partial charge is 0.246 e. The Bertz CT molecular complexity index is 383. The minimum Gasteiger partial charge on any atom is -1.00 e. The average molecular weight is 462 g/mol. The van der Waals surface area contributed by atoms with Crippen LogP contribution in [0.15, 0.2) is 12.2 Å². The molecule has 0 atom stereocenters. The van der Waals surface area contributed by atoms with Gasteiger partial charge in [0.15, 0.2) is 0 Å². The van der Waals surface area contributed by atoms with Gasteiger partial charge < -0.3 is 26.8 Å². The molecule has 0 saturated carbocycles. The second-order valence-electron chi connectivity index (χ2n) is 9.02. The summed E-state index contributed by atoms with van der Waals surface area (Å²) >= 11 is 0. The van der Waals surface area contributed by atoms with Gasteiger partial charge >= 0.3 is 0 Å². The maximum absolute atomic E-state index is 11.5. The minimum absolute atomic E-state index is 0. The van der Waals surface area contributed by atoms with Crippen LogP contribution in [0.1, 0.15) is 104 Å². The van der Waals surface area contributed by atoms with Gasteiger partial charge in [-0.3, -0.25) is 4.79 Å². The van der Waals surface area contributed by atoms with E-state index in [0.717, 1.165) is 17.6 Å². The Labute approximate surface area is 187 Å². The van der Waals surface area contributed by atoms with Crippen LogP contribution >= 0.6 is 0 Å². The highest BCUT2D eigenvalue weighted by Crippen LogP contribution is 2.13. The molecule has 0 unspecified atom stereocenters. The van der Waals surface area contributed by atoms with Crippen molar-refractivity contribution < 1.29 is 26.3 Å². The highest BCUT2D eigenvalue weighted by molar-refractivity contribution is 5.91. The van der Waals surface area contributed by atoms with Gasteiger partial charge in [-0.25, -0.2) is 0 Å². The van der Waals surface area contributed by atoms with Gasteiger partial charge in [0.2, 0.25) is 5.91 Å². The molecular weight excluding hydrogens is 412 g/mol. The number of carbonyl (C=O) groups is 1. The standard InChI is InChI=1S/C24H48N2O.BrH/c1-6-7-8-9-10-11-12-13-14-15-16-17-18-19-21-26(4,5)22-20-25-24(27)23(2)3;/h2,6-22H2,1,3-5H3;1H. The summed E-state index contributed by atoms with van der Waals surface area (Å²) in [6.07, 6.45) is 19.7. The number of nitrogens with zero attached hydrogens (tertiary/aromatic N) is 1. The Morgan fingerprint density at radius 3 is 1.54 bits per heavy atom. The number of carbonyl (C=O) groups excluding carboxylic acids is 1. The quantitative estimate of drug-likeness (QED) is 0.179. The Morgan fingerprint density at radius 2 is 1.14 bits per heavy atom. The van der Waals surface area contributed by atoms with Crippen LogP contribution in [0, 0.1) is 0 Å². The number of nitrogens with one attached hydrogen (secondary N) is 1. The van der Waals surface area contributed by atoms with Gasteiger partial charge in [0.25, 0.3) is 0 Å². The molecule has 1 N–H and O–H groups in total. The number of rotatable bonds is 19. The lowest BCUT2D eigenvalue weighted by Crippen LogP contribution is -3.00. The van der Waals surface area contributed by atoms with Crippen molar-refractivity contribution >= 4 is 5.91 Å². The van der Waals surface area contributed by atoms with Gasteiger partial charge in [-0.15, -0.1) is 0 Å². The Hall–Kier alpha value is -0.350. The SMILES string of the molecule is C=C(C)C(=O)NCC[N+](C)(C)CCCCCCCCCCCCCCCC.[Br-]. The first-order valence-electron chi connectivity index (χ1n) is 11.6. The van der Waals surface area contributed by atoms with E-state index in [1.54, 1.807) is 6.92 Å². The first-order valence-corrected chi connectivity index (χ1v) is 11.6. The molecule has 0 spiro atoms. The maximum atomic E-state index is 11.5. The van der Waals surface area contributed by atoms with Crippen molar-refractivity contribution in [2.24, 2.45) is 0 Å². The zero-order valence-corrected chi connectivity index (χ0v) is 21.0. The van der Waals surface area contributed by atoms with Gasteiger partial charge in [0.05, 0.1) is 33.7 Å². The zero-order chi connectivity index (χ0) is 20.4. The van der Waals surface area contributed by atoms with Crippen molar-refractivity contribution in [1.29, 1.82) is 0 Å². The molecule has 0 heterocycles. The van der Waals surface area contributed by atoms with Gasteiger partial charge in [-0.05, 0) is 19.8 Å². The van der Waals surface area contributed by atoms with Gasteiger partial charge in [-0.2, -0.15) is 0 Å². The average Bonchev–Trinajstić information content (AvgIpc) is 2.61. The number of hydrogen-bond acceptors (Lipinski definition) is 1. The molecular formula is C24H49BrN2O. The van der Waals surface area contributed by atoms with E-state index in [9.17, 15) is 4.79 Å². The molecule has 28 heavy (non-hydrogen) atoms. The van der Waals surface area contributed by atoms with Crippen LogP contribution in [0.3, 0.4) is 0 Å². The van der Waals surface area contributed by atoms with Crippen molar-refractivity contribution in [2.75, 3.05) is 33.7 Å². The molecule has 0 rings (SSSR count). The molecule has 0 saturated heterocycles.